The summed E-state index contributed by atoms with van der Waals surface area (Å²) in [6, 6.07) is 20.0. The number of nitrogens with one attached hydrogen (secondary N) is 1. The number of benzene rings is 3. The van der Waals surface area contributed by atoms with Gasteiger partial charge >= 0.3 is 0 Å². The lowest BCUT2D eigenvalue weighted by atomic mass is 10.1. The largest absolute Gasteiger partial charge is 0.338 e. The molecule has 0 atom stereocenters. The molecule has 0 aliphatic carbocycles. The van der Waals surface area contributed by atoms with Crippen LogP contribution in [0.15, 0.2) is 66.7 Å². The maximum absolute atomic E-state index is 13.3. The fraction of sp³-hybridized carbons (Fsp3) is 0.0476. The zero-order chi connectivity index (χ0) is 18.1. The molecule has 0 aliphatic rings. The molecule has 26 heavy (non-hydrogen) atoms. The molecule has 5 heteroatoms. The van der Waals surface area contributed by atoms with Crippen molar-refractivity contribution in [3.8, 4) is 11.4 Å². The second-order valence-corrected chi connectivity index (χ2v) is 6.44. The first-order valence-electron chi connectivity index (χ1n) is 8.16. The number of anilines is 2. The number of aryl methyl sites for hydroxylation is 1. The fourth-order valence-electron chi connectivity index (χ4n) is 2.80. The molecule has 3 nitrogen and oxygen atoms in total. The van der Waals surface area contributed by atoms with Crippen molar-refractivity contribution < 1.29 is 4.39 Å². The highest BCUT2D eigenvalue weighted by Crippen LogP contribution is 2.30. The average molecular weight is 364 g/mol. The number of rotatable bonds is 3. The van der Waals surface area contributed by atoms with E-state index >= 15 is 0 Å². The van der Waals surface area contributed by atoms with E-state index in [1.165, 1.54) is 12.1 Å². The van der Waals surface area contributed by atoms with Crippen molar-refractivity contribution in [3.63, 3.8) is 0 Å². The molecule has 0 amide bonds. The molecule has 0 aliphatic heterocycles. The lowest BCUT2D eigenvalue weighted by Crippen LogP contribution is -2.00. The first-order valence-corrected chi connectivity index (χ1v) is 8.54. The number of hydrogen-bond acceptors (Lipinski definition) is 3. The van der Waals surface area contributed by atoms with Crippen LogP contribution >= 0.6 is 11.6 Å². The number of aromatic nitrogens is 2. The molecule has 0 bridgehead atoms. The molecule has 1 aromatic heterocycles. The van der Waals surface area contributed by atoms with Gasteiger partial charge in [-0.25, -0.2) is 14.4 Å². The van der Waals surface area contributed by atoms with Crippen LogP contribution in [0.25, 0.3) is 22.3 Å². The molecule has 0 fully saturated rings. The Morgan fingerprint density at radius 1 is 0.923 bits per heavy atom. The minimum Gasteiger partial charge on any atom is -0.338 e. The molecule has 1 heterocycles. The topological polar surface area (TPSA) is 37.8 Å². The third kappa shape index (κ3) is 3.24. The highest BCUT2D eigenvalue weighted by Gasteiger charge is 2.11. The summed E-state index contributed by atoms with van der Waals surface area (Å²) >= 11 is 6.16. The summed E-state index contributed by atoms with van der Waals surface area (Å²) in [4.78, 5) is 9.38. The predicted molar refractivity (Wildman–Crippen MR) is 104 cm³/mol. The summed E-state index contributed by atoms with van der Waals surface area (Å²) in [5.41, 5.74) is 3.48. The van der Waals surface area contributed by atoms with Crippen LogP contribution in [0, 0.1) is 12.7 Å². The maximum Gasteiger partial charge on any atom is 0.162 e. The Labute approximate surface area is 155 Å². The highest BCUT2D eigenvalue weighted by molar-refractivity contribution is 6.33. The van der Waals surface area contributed by atoms with Gasteiger partial charge in [0.1, 0.15) is 11.6 Å². The van der Waals surface area contributed by atoms with Gasteiger partial charge in [0.25, 0.3) is 0 Å². The van der Waals surface area contributed by atoms with E-state index in [9.17, 15) is 4.39 Å². The van der Waals surface area contributed by atoms with Gasteiger partial charge in [-0.1, -0.05) is 47.5 Å². The van der Waals surface area contributed by atoms with Gasteiger partial charge in [-0.2, -0.15) is 0 Å². The van der Waals surface area contributed by atoms with Crippen molar-refractivity contribution >= 4 is 34.0 Å². The van der Waals surface area contributed by atoms with Crippen molar-refractivity contribution in [2.75, 3.05) is 5.32 Å². The zero-order valence-corrected chi connectivity index (χ0v) is 14.8. The van der Waals surface area contributed by atoms with E-state index in [1.807, 2.05) is 55.5 Å². The number of nitrogens with zero attached hydrogens (tertiary/aromatic N) is 2. The first-order chi connectivity index (χ1) is 12.6. The van der Waals surface area contributed by atoms with Gasteiger partial charge < -0.3 is 5.32 Å². The van der Waals surface area contributed by atoms with Crippen LogP contribution in [-0.2, 0) is 0 Å². The van der Waals surface area contributed by atoms with Crippen LogP contribution in [0.3, 0.4) is 0 Å². The van der Waals surface area contributed by atoms with E-state index < -0.39 is 0 Å². The van der Waals surface area contributed by atoms with Crippen LogP contribution in [0.4, 0.5) is 15.9 Å². The van der Waals surface area contributed by atoms with Crippen LogP contribution in [0.5, 0.6) is 0 Å². The van der Waals surface area contributed by atoms with Gasteiger partial charge in [0.2, 0.25) is 0 Å². The average Bonchev–Trinajstić information content (AvgIpc) is 2.64. The monoisotopic (exact) mass is 363 g/mol. The molecular formula is C21H15ClFN3. The van der Waals surface area contributed by atoms with Gasteiger partial charge in [0, 0.05) is 10.9 Å². The van der Waals surface area contributed by atoms with Gasteiger partial charge in [-0.05, 0) is 43.3 Å². The van der Waals surface area contributed by atoms with Crippen LogP contribution < -0.4 is 5.32 Å². The Morgan fingerprint density at radius 2 is 1.77 bits per heavy atom. The Kier molecular flexibility index (Phi) is 4.27. The second kappa shape index (κ2) is 6.73. The molecule has 3 aromatic carbocycles. The summed E-state index contributed by atoms with van der Waals surface area (Å²) in [5.74, 6) is 0.863. The van der Waals surface area contributed by atoms with Crippen molar-refractivity contribution in [3.05, 3.63) is 83.1 Å². The number of halogens is 2. The molecule has 4 aromatic rings. The Morgan fingerprint density at radius 3 is 2.58 bits per heavy atom. The molecule has 0 saturated heterocycles. The highest BCUT2D eigenvalue weighted by atomic mass is 35.5. The van der Waals surface area contributed by atoms with Crippen molar-refractivity contribution in [1.29, 1.82) is 0 Å². The number of para-hydroxylation sites is 1. The minimum absolute atomic E-state index is 0.296. The lowest BCUT2D eigenvalue weighted by Gasteiger charge is -2.12. The molecule has 1 N–H and O–H groups in total. The number of hydrogen-bond donors (Lipinski definition) is 1. The normalized spacial score (nSPS) is 10.9. The van der Waals surface area contributed by atoms with Crippen LogP contribution in [0.1, 0.15) is 5.56 Å². The van der Waals surface area contributed by atoms with Gasteiger partial charge in [0.05, 0.1) is 16.2 Å². The Hall–Kier alpha value is -2.98. The SMILES string of the molecule is Cc1cccc(-c2nc(Nc3ccc(F)cc3Cl)c3ccccc3n2)c1. The molecule has 4 rings (SSSR count). The summed E-state index contributed by atoms with van der Waals surface area (Å²) in [6.45, 7) is 2.03. The lowest BCUT2D eigenvalue weighted by molar-refractivity contribution is 0.628. The molecule has 0 radical (unpaired) electrons. The van der Waals surface area contributed by atoms with Gasteiger partial charge in [-0.15, -0.1) is 0 Å². The quantitative estimate of drug-likeness (QED) is 0.475. The molecule has 0 unspecified atom stereocenters. The van der Waals surface area contributed by atoms with Gasteiger partial charge in [0.15, 0.2) is 5.82 Å². The number of fused-ring (bicyclic) bond motifs is 1. The molecule has 0 spiro atoms. The van der Waals surface area contributed by atoms with E-state index in [4.69, 9.17) is 16.6 Å². The van der Waals surface area contributed by atoms with Crippen LogP contribution in [0.2, 0.25) is 5.02 Å². The van der Waals surface area contributed by atoms with Crippen molar-refractivity contribution in [2.24, 2.45) is 0 Å². The van der Waals surface area contributed by atoms with Crippen molar-refractivity contribution in [2.45, 2.75) is 6.92 Å². The second-order valence-electron chi connectivity index (χ2n) is 6.03. The van der Waals surface area contributed by atoms with Gasteiger partial charge in [-0.3, -0.25) is 0 Å². The summed E-state index contributed by atoms with van der Waals surface area (Å²) in [7, 11) is 0. The zero-order valence-electron chi connectivity index (χ0n) is 14.0. The van der Waals surface area contributed by atoms with E-state index in [0.29, 0.717) is 22.4 Å². The molecule has 128 valence electrons. The van der Waals surface area contributed by atoms with E-state index in [-0.39, 0.29) is 5.82 Å². The Bertz CT molecular complexity index is 1110. The summed E-state index contributed by atoms with van der Waals surface area (Å²) in [6.07, 6.45) is 0. The fourth-order valence-corrected chi connectivity index (χ4v) is 3.02. The van der Waals surface area contributed by atoms with Crippen molar-refractivity contribution in [1.82, 2.24) is 9.97 Å². The molecule has 0 saturated carbocycles. The third-order valence-corrected chi connectivity index (χ3v) is 4.38. The summed E-state index contributed by atoms with van der Waals surface area (Å²) in [5, 5.41) is 4.38. The molecular weight excluding hydrogens is 349 g/mol. The third-order valence-electron chi connectivity index (χ3n) is 4.06. The summed E-state index contributed by atoms with van der Waals surface area (Å²) < 4.78 is 13.3. The van der Waals surface area contributed by atoms with E-state index in [2.05, 4.69) is 10.3 Å². The standard InChI is InChI=1S/C21H15ClFN3/c1-13-5-4-6-14(11-13)20-24-18-8-3-2-7-16(18)21(26-20)25-19-10-9-15(23)12-17(19)22/h2-12H,1H3,(H,24,25,26). The van der Waals surface area contributed by atoms with E-state index in [0.717, 1.165) is 22.0 Å². The maximum atomic E-state index is 13.3. The van der Waals surface area contributed by atoms with Crippen LogP contribution in [-0.4, -0.2) is 9.97 Å². The minimum atomic E-state index is -0.381. The smallest absolute Gasteiger partial charge is 0.162 e. The predicted octanol–water partition coefficient (Wildman–Crippen LogP) is 6.14. The van der Waals surface area contributed by atoms with E-state index in [1.54, 1.807) is 6.07 Å². The first kappa shape index (κ1) is 16.5. The Balaban J connectivity index is 1.87.